The van der Waals surface area contributed by atoms with Crippen molar-refractivity contribution >= 4 is 16.8 Å². The molecular formula is C21H26N4O2. The lowest BCUT2D eigenvalue weighted by Gasteiger charge is -2.25. The highest BCUT2D eigenvalue weighted by molar-refractivity contribution is 5.99. The summed E-state index contributed by atoms with van der Waals surface area (Å²) in [6, 6.07) is 6.04. The summed E-state index contributed by atoms with van der Waals surface area (Å²) in [5.74, 6) is 1.13. The van der Waals surface area contributed by atoms with E-state index in [1.807, 2.05) is 32.9 Å². The topological polar surface area (TPSA) is 75.0 Å². The number of benzene rings is 1. The van der Waals surface area contributed by atoms with Crippen LogP contribution in [0.15, 0.2) is 22.7 Å². The number of carbonyl (C=O) groups is 1. The molecule has 1 aromatic carbocycles. The maximum Gasteiger partial charge on any atom is 0.254 e. The van der Waals surface area contributed by atoms with E-state index >= 15 is 0 Å². The molecule has 6 heteroatoms. The quantitative estimate of drug-likeness (QED) is 0.739. The zero-order valence-corrected chi connectivity index (χ0v) is 16.2. The summed E-state index contributed by atoms with van der Waals surface area (Å²) in [7, 11) is 0. The van der Waals surface area contributed by atoms with Gasteiger partial charge in [-0.3, -0.25) is 4.79 Å². The first-order chi connectivity index (χ1) is 13.1. The summed E-state index contributed by atoms with van der Waals surface area (Å²) in [4.78, 5) is 22.8. The number of nitrogens with one attached hydrogen (secondary N) is 1. The van der Waals surface area contributed by atoms with Crippen LogP contribution in [-0.4, -0.2) is 32.0 Å². The third kappa shape index (κ3) is 3.36. The Labute approximate surface area is 158 Å². The second kappa shape index (κ2) is 7.18. The van der Waals surface area contributed by atoms with Gasteiger partial charge in [-0.05, 0) is 57.2 Å². The van der Waals surface area contributed by atoms with E-state index in [0.717, 1.165) is 18.4 Å². The number of aromatic nitrogens is 3. The van der Waals surface area contributed by atoms with Crippen LogP contribution >= 0.6 is 0 Å². The summed E-state index contributed by atoms with van der Waals surface area (Å²) in [6.07, 6.45) is 5.41. The second-order valence-electron chi connectivity index (χ2n) is 7.53. The maximum atomic E-state index is 13.2. The molecule has 0 atom stereocenters. The van der Waals surface area contributed by atoms with Crippen LogP contribution < -0.4 is 0 Å². The Morgan fingerprint density at radius 2 is 2.11 bits per heavy atom. The van der Waals surface area contributed by atoms with Crippen molar-refractivity contribution in [2.45, 2.75) is 65.5 Å². The van der Waals surface area contributed by atoms with E-state index < -0.39 is 0 Å². The predicted octanol–water partition coefficient (Wildman–Crippen LogP) is 4.04. The molecule has 0 aliphatic heterocycles. The molecule has 0 fully saturated rings. The number of fused-ring (bicyclic) bond motifs is 3. The number of amides is 1. The van der Waals surface area contributed by atoms with Crippen molar-refractivity contribution in [2.75, 3.05) is 0 Å². The van der Waals surface area contributed by atoms with Crippen molar-refractivity contribution in [1.82, 2.24) is 20.0 Å². The molecule has 1 aliphatic rings. The summed E-state index contributed by atoms with van der Waals surface area (Å²) in [5.41, 5.74) is 4.50. The van der Waals surface area contributed by atoms with Gasteiger partial charge in [-0.15, -0.1) is 0 Å². The standard InChI is InChI=1S/C21H26N4O2/c1-4-19-23-20(27-24-19)12-25(13(2)3)21(26)14-9-10-16-15-7-5-6-8-17(15)22-18(16)11-14/h9-11,13,22H,4-8,12H2,1-3H3. The van der Waals surface area contributed by atoms with Gasteiger partial charge in [-0.25, -0.2) is 0 Å². The molecule has 0 saturated carbocycles. The molecule has 0 radical (unpaired) electrons. The Balaban J connectivity index is 1.62. The summed E-state index contributed by atoms with van der Waals surface area (Å²) < 4.78 is 5.29. The fraction of sp³-hybridized carbons (Fsp3) is 0.476. The van der Waals surface area contributed by atoms with Gasteiger partial charge in [0, 0.05) is 34.6 Å². The number of aryl methyl sites for hydroxylation is 3. The molecule has 142 valence electrons. The zero-order valence-electron chi connectivity index (χ0n) is 16.2. The van der Waals surface area contributed by atoms with Crippen LogP contribution in [0.1, 0.15) is 66.9 Å². The minimum Gasteiger partial charge on any atom is -0.358 e. The fourth-order valence-electron chi connectivity index (χ4n) is 3.85. The van der Waals surface area contributed by atoms with Crippen LogP contribution in [0.25, 0.3) is 10.9 Å². The average Bonchev–Trinajstić information content (AvgIpc) is 3.28. The van der Waals surface area contributed by atoms with Gasteiger partial charge in [0.1, 0.15) is 6.54 Å². The Bertz CT molecular complexity index is 970. The number of rotatable bonds is 5. The highest BCUT2D eigenvalue weighted by Crippen LogP contribution is 2.30. The van der Waals surface area contributed by atoms with Crippen LogP contribution in [0.2, 0.25) is 0 Å². The molecule has 2 aromatic heterocycles. The molecule has 6 nitrogen and oxygen atoms in total. The van der Waals surface area contributed by atoms with E-state index in [4.69, 9.17) is 4.52 Å². The lowest BCUT2D eigenvalue weighted by molar-refractivity contribution is 0.0667. The number of H-pyrrole nitrogens is 1. The normalized spacial score (nSPS) is 13.9. The first-order valence-electron chi connectivity index (χ1n) is 9.82. The van der Waals surface area contributed by atoms with Gasteiger partial charge in [-0.1, -0.05) is 18.1 Å². The first-order valence-corrected chi connectivity index (χ1v) is 9.82. The third-order valence-corrected chi connectivity index (χ3v) is 5.36. The van der Waals surface area contributed by atoms with Crippen LogP contribution in [0.5, 0.6) is 0 Å². The summed E-state index contributed by atoms with van der Waals surface area (Å²) in [6.45, 7) is 6.30. The lowest BCUT2D eigenvalue weighted by atomic mass is 9.95. The molecule has 0 unspecified atom stereocenters. The zero-order chi connectivity index (χ0) is 19.0. The Morgan fingerprint density at radius 3 is 2.85 bits per heavy atom. The number of aromatic amines is 1. The van der Waals surface area contributed by atoms with Crippen LogP contribution in [0.4, 0.5) is 0 Å². The largest absolute Gasteiger partial charge is 0.358 e. The Hall–Kier alpha value is -2.63. The molecule has 1 amide bonds. The van der Waals surface area contributed by atoms with E-state index in [-0.39, 0.29) is 11.9 Å². The van der Waals surface area contributed by atoms with Crippen molar-refractivity contribution < 1.29 is 9.32 Å². The molecule has 3 aromatic rings. The fourth-order valence-corrected chi connectivity index (χ4v) is 3.85. The van der Waals surface area contributed by atoms with Gasteiger partial charge in [0.2, 0.25) is 5.89 Å². The van der Waals surface area contributed by atoms with E-state index in [1.165, 1.54) is 29.5 Å². The summed E-state index contributed by atoms with van der Waals surface area (Å²) >= 11 is 0. The van der Waals surface area contributed by atoms with Gasteiger partial charge in [0.05, 0.1) is 0 Å². The van der Waals surface area contributed by atoms with Gasteiger partial charge >= 0.3 is 0 Å². The monoisotopic (exact) mass is 366 g/mol. The minimum absolute atomic E-state index is 0.0179. The highest BCUT2D eigenvalue weighted by Gasteiger charge is 2.23. The summed E-state index contributed by atoms with van der Waals surface area (Å²) in [5, 5.41) is 5.18. The molecular weight excluding hydrogens is 340 g/mol. The predicted molar refractivity (Wildman–Crippen MR) is 104 cm³/mol. The van der Waals surface area contributed by atoms with Crippen LogP contribution in [0, 0.1) is 0 Å². The van der Waals surface area contributed by atoms with E-state index in [2.05, 4.69) is 21.2 Å². The van der Waals surface area contributed by atoms with Gasteiger partial charge in [0.25, 0.3) is 5.91 Å². The smallest absolute Gasteiger partial charge is 0.254 e. The average molecular weight is 366 g/mol. The highest BCUT2D eigenvalue weighted by atomic mass is 16.5. The molecule has 1 aliphatic carbocycles. The van der Waals surface area contributed by atoms with Crippen LogP contribution in [0.3, 0.4) is 0 Å². The molecule has 0 saturated heterocycles. The van der Waals surface area contributed by atoms with Crippen molar-refractivity contribution in [3.8, 4) is 0 Å². The SMILES string of the molecule is CCc1noc(CN(C(=O)c2ccc3c4c([nH]c3c2)CCCC4)C(C)C)n1. The van der Waals surface area contributed by atoms with Crippen molar-refractivity contribution in [1.29, 1.82) is 0 Å². The van der Waals surface area contributed by atoms with E-state index in [1.54, 1.807) is 4.90 Å². The maximum absolute atomic E-state index is 13.2. The number of hydrogen-bond acceptors (Lipinski definition) is 4. The molecule has 27 heavy (non-hydrogen) atoms. The number of carbonyl (C=O) groups excluding carboxylic acids is 1. The third-order valence-electron chi connectivity index (χ3n) is 5.36. The van der Waals surface area contributed by atoms with Crippen molar-refractivity contribution in [2.24, 2.45) is 0 Å². The van der Waals surface area contributed by atoms with Crippen molar-refractivity contribution in [3.63, 3.8) is 0 Å². The first kappa shape index (κ1) is 17.8. The van der Waals surface area contributed by atoms with Crippen molar-refractivity contribution in [3.05, 3.63) is 46.7 Å². The molecule has 4 rings (SSSR count). The van der Waals surface area contributed by atoms with Gasteiger partial charge in [0.15, 0.2) is 5.82 Å². The lowest BCUT2D eigenvalue weighted by Crippen LogP contribution is -2.36. The van der Waals surface area contributed by atoms with E-state index in [0.29, 0.717) is 30.2 Å². The second-order valence-corrected chi connectivity index (χ2v) is 7.53. The molecule has 1 N–H and O–H groups in total. The van der Waals surface area contributed by atoms with E-state index in [9.17, 15) is 4.79 Å². The molecule has 2 heterocycles. The number of hydrogen-bond donors (Lipinski definition) is 1. The molecule has 0 spiro atoms. The van der Waals surface area contributed by atoms with Crippen LogP contribution in [-0.2, 0) is 25.8 Å². The Morgan fingerprint density at radius 1 is 1.30 bits per heavy atom. The Kier molecular flexibility index (Phi) is 4.72. The number of nitrogens with zero attached hydrogens (tertiary/aromatic N) is 3. The minimum atomic E-state index is -0.0179. The van der Waals surface area contributed by atoms with Gasteiger partial charge < -0.3 is 14.4 Å². The van der Waals surface area contributed by atoms with Gasteiger partial charge in [-0.2, -0.15) is 4.98 Å². The molecule has 0 bridgehead atoms.